The lowest BCUT2D eigenvalue weighted by Gasteiger charge is -2.42. The molecule has 1 saturated heterocycles. The molecule has 0 bridgehead atoms. The highest BCUT2D eigenvalue weighted by Crippen LogP contribution is 2.28. The van der Waals surface area contributed by atoms with E-state index >= 15 is 0 Å². The van der Waals surface area contributed by atoms with Gasteiger partial charge < -0.3 is 10.6 Å². The summed E-state index contributed by atoms with van der Waals surface area (Å²) in [7, 11) is 0. The van der Waals surface area contributed by atoms with E-state index in [1.165, 1.54) is 5.56 Å². The minimum atomic E-state index is 0.0151. The standard InChI is InChI=1S/C16H23BrN2O/c1-16(2)11-19(10-9-14(16)18)15(20)8-7-12-5-3-4-6-13(12)17/h3-6,14H,7-11,18H2,1-2H3. The number of nitrogens with zero attached hydrogens (tertiary/aromatic N) is 1. The van der Waals surface area contributed by atoms with Crippen LogP contribution in [-0.2, 0) is 11.2 Å². The van der Waals surface area contributed by atoms with Crippen molar-refractivity contribution in [3.63, 3.8) is 0 Å². The van der Waals surface area contributed by atoms with E-state index in [1.807, 2.05) is 23.1 Å². The van der Waals surface area contributed by atoms with Gasteiger partial charge in [0.15, 0.2) is 0 Å². The molecule has 1 aliphatic heterocycles. The number of hydrogen-bond acceptors (Lipinski definition) is 2. The summed E-state index contributed by atoms with van der Waals surface area (Å²) in [5.41, 5.74) is 7.32. The Morgan fingerprint density at radius 1 is 1.45 bits per heavy atom. The Hall–Kier alpha value is -0.870. The van der Waals surface area contributed by atoms with E-state index in [-0.39, 0.29) is 17.4 Å². The smallest absolute Gasteiger partial charge is 0.222 e. The highest BCUT2D eigenvalue weighted by Gasteiger charge is 2.34. The van der Waals surface area contributed by atoms with E-state index in [2.05, 4.69) is 35.8 Å². The molecule has 0 radical (unpaired) electrons. The lowest BCUT2D eigenvalue weighted by Crippen LogP contribution is -2.54. The molecule has 110 valence electrons. The number of hydrogen-bond donors (Lipinski definition) is 1. The summed E-state index contributed by atoms with van der Waals surface area (Å²) in [4.78, 5) is 14.3. The number of amides is 1. The molecule has 2 N–H and O–H groups in total. The molecule has 4 heteroatoms. The number of carbonyl (C=O) groups is 1. The van der Waals surface area contributed by atoms with E-state index in [9.17, 15) is 4.79 Å². The first-order chi connectivity index (χ1) is 9.40. The number of likely N-dealkylation sites (tertiary alicyclic amines) is 1. The number of carbonyl (C=O) groups excluding carboxylic acids is 1. The van der Waals surface area contributed by atoms with E-state index in [0.29, 0.717) is 6.42 Å². The molecule has 20 heavy (non-hydrogen) atoms. The number of piperidine rings is 1. The van der Waals surface area contributed by atoms with Gasteiger partial charge in [0.1, 0.15) is 0 Å². The van der Waals surface area contributed by atoms with E-state index in [0.717, 1.165) is 30.4 Å². The highest BCUT2D eigenvalue weighted by atomic mass is 79.9. The summed E-state index contributed by atoms with van der Waals surface area (Å²) in [6, 6.07) is 8.27. The number of benzene rings is 1. The predicted molar refractivity (Wildman–Crippen MR) is 85.4 cm³/mol. The second-order valence-corrected chi connectivity index (χ2v) is 7.14. The van der Waals surface area contributed by atoms with Gasteiger partial charge in [0.25, 0.3) is 0 Å². The van der Waals surface area contributed by atoms with Crippen LogP contribution >= 0.6 is 15.9 Å². The summed E-state index contributed by atoms with van der Waals surface area (Å²) < 4.78 is 1.08. The molecule has 1 aromatic rings. The van der Waals surface area contributed by atoms with Gasteiger partial charge in [-0.3, -0.25) is 4.79 Å². The van der Waals surface area contributed by atoms with Gasteiger partial charge in [0.05, 0.1) is 0 Å². The van der Waals surface area contributed by atoms with Crippen LogP contribution in [0.5, 0.6) is 0 Å². The quantitative estimate of drug-likeness (QED) is 0.920. The summed E-state index contributed by atoms with van der Waals surface area (Å²) in [6.45, 7) is 5.85. The Morgan fingerprint density at radius 2 is 2.15 bits per heavy atom. The van der Waals surface area contributed by atoms with Crippen molar-refractivity contribution >= 4 is 21.8 Å². The van der Waals surface area contributed by atoms with E-state index in [4.69, 9.17) is 5.73 Å². The fraction of sp³-hybridized carbons (Fsp3) is 0.562. The maximum atomic E-state index is 12.3. The zero-order chi connectivity index (χ0) is 14.8. The first-order valence-corrected chi connectivity index (χ1v) is 7.96. The van der Waals surface area contributed by atoms with Crippen LogP contribution in [0.25, 0.3) is 0 Å². The molecular formula is C16H23BrN2O. The molecule has 0 aromatic heterocycles. The molecule has 0 saturated carbocycles. The van der Waals surface area contributed by atoms with Crippen LogP contribution in [0.2, 0.25) is 0 Å². The molecule has 1 fully saturated rings. The molecule has 2 rings (SSSR count). The maximum absolute atomic E-state index is 12.3. The number of aryl methyl sites for hydroxylation is 1. The van der Waals surface area contributed by atoms with Crippen LogP contribution in [0.15, 0.2) is 28.7 Å². The molecule has 1 amide bonds. The van der Waals surface area contributed by atoms with Gasteiger partial charge in [0.2, 0.25) is 5.91 Å². The molecule has 1 aliphatic rings. The van der Waals surface area contributed by atoms with Gasteiger partial charge in [-0.1, -0.05) is 48.0 Å². The first-order valence-electron chi connectivity index (χ1n) is 7.17. The Balaban J connectivity index is 1.91. The number of halogens is 1. The first kappa shape index (κ1) is 15.5. The minimum absolute atomic E-state index is 0.0151. The van der Waals surface area contributed by atoms with Crippen molar-refractivity contribution in [2.45, 2.75) is 39.2 Å². The summed E-state index contributed by atoms with van der Waals surface area (Å²) in [5.74, 6) is 0.237. The third-order valence-electron chi connectivity index (χ3n) is 4.23. The monoisotopic (exact) mass is 338 g/mol. The summed E-state index contributed by atoms with van der Waals surface area (Å²) in [5, 5.41) is 0. The lowest BCUT2D eigenvalue weighted by molar-refractivity contribution is -0.134. The average molecular weight is 339 g/mol. The van der Waals surface area contributed by atoms with Crippen molar-refractivity contribution in [1.82, 2.24) is 4.90 Å². The zero-order valence-electron chi connectivity index (χ0n) is 12.2. The fourth-order valence-electron chi connectivity index (χ4n) is 2.69. The summed E-state index contributed by atoms with van der Waals surface area (Å²) in [6.07, 6.45) is 2.24. The van der Waals surface area contributed by atoms with Crippen LogP contribution in [0.4, 0.5) is 0 Å². The zero-order valence-corrected chi connectivity index (χ0v) is 13.8. The third kappa shape index (κ3) is 3.61. The molecule has 1 unspecified atom stereocenters. The summed E-state index contributed by atoms with van der Waals surface area (Å²) >= 11 is 3.53. The van der Waals surface area contributed by atoms with Crippen molar-refractivity contribution in [1.29, 1.82) is 0 Å². The number of rotatable bonds is 3. The van der Waals surface area contributed by atoms with Crippen LogP contribution in [-0.4, -0.2) is 29.9 Å². The molecule has 3 nitrogen and oxygen atoms in total. The maximum Gasteiger partial charge on any atom is 0.222 e. The normalized spacial score (nSPS) is 21.8. The minimum Gasteiger partial charge on any atom is -0.342 e. The van der Waals surface area contributed by atoms with Crippen LogP contribution in [0.3, 0.4) is 0 Å². The molecule has 1 aromatic carbocycles. The van der Waals surface area contributed by atoms with Gasteiger partial charge in [-0.25, -0.2) is 0 Å². The van der Waals surface area contributed by atoms with E-state index < -0.39 is 0 Å². The molecule has 1 heterocycles. The van der Waals surface area contributed by atoms with Gasteiger partial charge in [-0.05, 0) is 29.9 Å². The second-order valence-electron chi connectivity index (χ2n) is 6.29. The molecule has 0 spiro atoms. The van der Waals surface area contributed by atoms with Crippen molar-refractivity contribution in [3.8, 4) is 0 Å². The second kappa shape index (κ2) is 6.27. The Kier molecular flexibility index (Phi) is 4.86. The van der Waals surface area contributed by atoms with Gasteiger partial charge >= 0.3 is 0 Å². The largest absolute Gasteiger partial charge is 0.342 e. The van der Waals surface area contributed by atoms with Crippen molar-refractivity contribution < 1.29 is 4.79 Å². The average Bonchev–Trinajstić information content (AvgIpc) is 2.40. The number of nitrogens with two attached hydrogens (primary N) is 1. The van der Waals surface area contributed by atoms with Crippen molar-refractivity contribution in [2.75, 3.05) is 13.1 Å². The Bertz CT molecular complexity index is 487. The van der Waals surface area contributed by atoms with Crippen molar-refractivity contribution in [3.05, 3.63) is 34.3 Å². The van der Waals surface area contributed by atoms with E-state index in [1.54, 1.807) is 0 Å². The van der Waals surface area contributed by atoms with Crippen LogP contribution in [0, 0.1) is 5.41 Å². The topological polar surface area (TPSA) is 46.3 Å². The fourth-order valence-corrected chi connectivity index (χ4v) is 3.17. The van der Waals surface area contributed by atoms with Crippen molar-refractivity contribution in [2.24, 2.45) is 11.1 Å². The van der Waals surface area contributed by atoms with Gasteiger partial charge in [-0.15, -0.1) is 0 Å². The Morgan fingerprint density at radius 3 is 2.80 bits per heavy atom. The SMILES string of the molecule is CC1(C)CN(C(=O)CCc2ccccc2Br)CCC1N. The van der Waals surface area contributed by atoms with Crippen LogP contribution < -0.4 is 5.73 Å². The molecule has 1 atom stereocenters. The van der Waals surface area contributed by atoms with Gasteiger partial charge in [-0.2, -0.15) is 0 Å². The Labute approximate surface area is 129 Å². The molecule has 0 aliphatic carbocycles. The van der Waals surface area contributed by atoms with Gasteiger partial charge in [0, 0.05) is 30.0 Å². The predicted octanol–water partition coefficient (Wildman–Crippen LogP) is 2.97. The lowest BCUT2D eigenvalue weighted by atomic mass is 9.79. The highest BCUT2D eigenvalue weighted by molar-refractivity contribution is 9.10. The molecular weight excluding hydrogens is 316 g/mol. The van der Waals surface area contributed by atoms with Crippen LogP contribution in [0.1, 0.15) is 32.3 Å². The third-order valence-corrected chi connectivity index (χ3v) is 5.00.